The molecule has 0 bridgehead atoms. The number of rotatable bonds is 13. The van der Waals surface area contributed by atoms with Crippen molar-refractivity contribution in [3.8, 4) is 11.4 Å². The van der Waals surface area contributed by atoms with Crippen molar-refractivity contribution in [3.63, 3.8) is 0 Å². The zero-order valence-corrected chi connectivity index (χ0v) is 16.0. The fraction of sp³-hybridized carbons (Fsp3) is 0.619. The van der Waals surface area contributed by atoms with Crippen molar-refractivity contribution in [1.29, 1.82) is 0 Å². The second-order valence-electron chi connectivity index (χ2n) is 7.03. The van der Waals surface area contributed by atoms with Gasteiger partial charge in [0.1, 0.15) is 0 Å². The van der Waals surface area contributed by atoms with Gasteiger partial charge < -0.3 is 15.4 Å². The Balaban J connectivity index is 1.71. The van der Waals surface area contributed by atoms with Crippen LogP contribution in [0.5, 0.6) is 0 Å². The van der Waals surface area contributed by atoms with E-state index in [1.807, 2.05) is 12.1 Å². The molecular weight excluding hydrogens is 326 g/mol. The Bertz CT molecular complexity index is 610. The number of aliphatic hydroxyl groups excluding tert-OH is 1. The van der Waals surface area contributed by atoms with E-state index in [0.717, 1.165) is 12.0 Å². The number of nitrogens with zero attached hydrogens (tertiary/aromatic N) is 2. The van der Waals surface area contributed by atoms with Gasteiger partial charge in [-0.05, 0) is 18.4 Å². The fourth-order valence-corrected chi connectivity index (χ4v) is 3.02. The van der Waals surface area contributed by atoms with E-state index in [2.05, 4.69) is 29.2 Å². The van der Waals surface area contributed by atoms with E-state index in [9.17, 15) is 5.11 Å². The van der Waals surface area contributed by atoms with Gasteiger partial charge in [0.25, 0.3) is 0 Å². The second kappa shape index (κ2) is 11.8. The van der Waals surface area contributed by atoms with Gasteiger partial charge in [0.05, 0.1) is 12.5 Å². The van der Waals surface area contributed by atoms with Crippen LogP contribution in [0.15, 0.2) is 28.8 Å². The van der Waals surface area contributed by atoms with Gasteiger partial charge in [-0.25, -0.2) is 0 Å². The normalized spacial score (nSPS) is 12.4. The molecule has 5 heteroatoms. The number of unbranched alkanes of at least 4 members (excludes halogenated alkanes) is 7. The van der Waals surface area contributed by atoms with Gasteiger partial charge in [0.15, 0.2) is 0 Å². The lowest BCUT2D eigenvalue weighted by Gasteiger charge is -2.03. The highest BCUT2D eigenvalue weighted by molar-refractivity contribution is 5.54. The number of aromatic nitrogens is 2. The van der Waals surface area contributed by atoms with Crippen LogP contribution in [0.2, 0.25) is 0 Å². The maximum absolute atomic E-state index is 9.55. The molecule has 2 rings (SSSR count). The van der Waals surface area contributed by atoms with Crippen LogP contribution in [0, 0.1) is 0 Å². The Labute approximate surface area is 157 Å². The Morgan fingerprint density at radius 1 is 1.00 bits per heavy atom. The summed E-state index contributed by atoms with van der Waals surface area (Å²) in [5, 5.41) is 13.5. The number of aryl methyl sites for hydroxylation is 1. The summed E-state index contributed by atoms with van der Waals surface area (Å²) < 4.78 is 5.17. The van der Waals surface area contributed by atoms with Crippen LogP contribution in [0.3, 0.4) is 0 Å². The van der Waals surface area contributed by atoms with Gasteiger partial charge in [-0.1, -0.05) is 81.3 Å². The average Bonchev–Trinajstić information content (AvgIpc) is 3.12. The van der Waals surface area contributed by atoms with Crippen molar-refractivity contribution in [2.75, 3.05) is 6.54 Å². The van der Waals surface area contributed by atoms with E-state index in [1.165, 1.54) is 56.9 Å². The van der Waals surface area contributed by atoms with Gasteiger partial charge in [0.2, 0.25) is 11.7 Å². The van der Waals surface area contributed by atoms with Crippen molar-refractivity contribution < 1.29 is 9.63 Å². The first-order valence-corrected chi connectivity index (χ1v) is 10.0. The summed E-state index contributed by atoms with van der Waals surface area (Å²) in [7, 11) is 0. The molecule has 0 saturated carbocycles. The number of benzene rings is 1. The van der Waals surface area contributed by atoms with Crippen molar-refractivity contribution in [2.45, 2.75) is 77.2 Å². The summed E-state index contributed by atoms with van der Waals surface area (Å²) >= 11 is 0. The van der Waals surface area contributed by atoms with Crippen molar-refractivity contribution in [3.05, 3.63) is 35.7 Å². The Hall–Kier alpha value is -1.72. The van der Waals surface area contributed by atoms with E-state index in [0.29, 0.717) is 18.1 Å². The van der Waals surface area contributed by atoms with Crippen LogP contribution < -0.4 is 5.73 Å². The van der Waals surface area contributed by atoms with Crippen LogP contribution in [-0.4, -0.2) is 27.9 Å². The lowest BCUT2D eigenvalue weighted by atomic mass is 10.0. The minimum atomic E-state index is -0.641. The molecule has 0 saturated heterocycles. The summed E-state index contributed by atoms with van der Waals surface area (Å²) in [6.07, 6.45) is 11.5. The van der Waals surface area contributed by atoms with Crippen LogP contribution in [0.1, 0.15) is 69.7 Å². The molecule has 0 amide bonds. The van der Waals surface area contributed by atoms with Gasteiger partial charge in [-0.3, -0.25) is 0 Å². The number of hydrogen-bond donors (Lipinski definition) is 2. The van der Waals surface area contributed by atoms with Crippen LogP contribution >= 0.6 is 0 Å². The summed E-state index contributed by atoms with van der Waals surface area (Å²) in [4.78, 5) is 4.32. The topological polar surface area (TPSA) is 85.2 Å². The van der Waals surface area contributed by atoms with Gasteiger partial charge >= 0.3 is 0 Å². The average molecular weight is 360 g/mol. The molecule has 144 valence electrons. The molecule has 1 atom stereocenters. The zero-order valence-electron chi connectivity index (χ0n) is 16.0. The van der Waals surface area contributed by atoms with Crippen LogP contribution in [0.4, 0.5) is 0 Å². The maximum Gasteiger partial charge on any atom is 0.229 e. The second-order valence-corrected chi connectivity index (χ2v) is 7.03. The maximum atomic E-state index is 9.55. The molecule has 3 N–H and O–H groups in total. The first-order valence-electron chi connectivity index (χ1n) is 10.0. The van der Waals surface area contributed by atoms with E-state index < -0.39 is 6.10 Å². The SMILES string of the molecule is CCCCCCCCCCc1ccc(-c2noc(CC(O)CN)n2)cc1. The summed E-state index contributed by atoms with van der Waals surface area (Å²) in [6, 6.07) is 8.35. The van der Waals surface area contributed by atoms with Crippen molar-refractivity contribution in [1.82, 2.24) is 10.1 Å². The van der Waals surface area contributed by atoms with Crippen molar-refractivity contribution >= 4 is 0 Å². The summed E-state index contributed by atoms with van der Waals surface area (Å²) in [6.45, 7) is 2.44. The predicted molar refractivity (Wildman–Crippen MR) is 105 cm³/mol. The van der Waals surface area contributed by atoms with E-state index in [-0.39, 0.29) is 6.54 Å². The molecule has 0 radical (unpaired) electrons. The smallest absolute Gasteiger partial charge is 0.229 e. The highest BCUT2D eigenvalue weighted by atomic mass is 16.5. The fourth-order valence-electron chi connectivity index (χ4n) is 3.02. The summed E-state index contributed by atoms with van der Waals surface area (Å²) in [5.41, 5.74) is 7.68. The number of nitrogens with two attached hydrogens (primary N) is 1. The van der Waals surface area contributed by atoms with Gasteiger partial charge in [0, 0.05) is 12.1 Å². The molecule has 0 aliphatic rings. The third-order valence-corrected chi connectivity index (χ3v) is 4.68. The standard InChI is InChI=1S/C21H33N3O2/c1-2-3-4-5-6-7-8-9-10-17-11-13-18(14-12-17)21-23-20(26-24-21)15-19(25)16-22/h11-14,19,25H,2-10,15-16,22H2,1H3. The molecule has 0 spiro atoms. The first-order chi connectivity index (χ1) is 12.7. The first kappa shape index (κ1) is 20.6. The Morgan fingerprint density at radius 2 is 1.65 bits per heavy atom. The van der Waals surface area contributed by atoms with Gasteiger partial charge in [-0.15, -0.1) is 0 Å². The third kappa shape index (κ3) is 7.26. The molecule has 26 heavy (non-hydrogen) atoms. The number of hydrogen-bond acceptors (Lipinski definition) is 5. The predicted octanol–water partition coefficient (Wildman–Crippen LogP) is 4.28. The minimum absolute atomic E-state index is 0.186. The molecule has 0 aliphatic heterocycles. The highest BCUT2D eigenvalue weighted by Crippen LogP contribution is 2.18. The monoisotopic (exact) mass is 359 g/mol. The largest absolute Gasteiger partial charge is 0.391 e. The molecule has 1 aromatic heterocycles. The zero-order chi connectivity index (χ0) is 18.6. The quantitative estimate of drug-likeness (QED) is 0.521. The Morgan fingerprint density at radius 3 is 2.31 bits per heavy atom. The molecular formula is C21H33N3O2. The Kier molecular flexibility index (Phi) is 9.35. The molecule has 5 nitrogen and oxygen atoms in total. The lowest BCUT2D eigenvalue weighted by molar-refractivity contribution is 0.170. The molecule has 1 aromatic carbocycles. The van der Waals surface area contributed by atoms with Crippen molar-refractivity contribution in [2.24, 2.45) is 5.73 Å². The van der Waals surface area contributed by atoms with E-state index in [4.69, 9.17) is 10.3 Å². The molecule has 2 aromatic rings. The number of aliphatic hydroxyl groups is 1. The third-order valence-electron chi connectivity index (χ3n) is 4.68. The molecule has 1 unspecified atom stereocenters. The van der Waals surface area contributed by atoms with Crippen LogP contribution in [-0.2, 0) is 12.8 Å². The van der Waals surface area contributed by atoms with E-state index >= 15 is 0 Å². The molecule has 1 heterocycles. The summed E-state index contributed by atoms with van der Waals surface area (Å²) in [5.74, 6) is 0.976. The minimum Gasteiger partial charge on any atom is -0.391 e. The lowest BCUT2D eigenvalue weighted by Crippen LogP contribution is -2.22. The molecule has 0 fully saturated rings. The highest BCUT2D eigenvalue weighted by Gasteiger charge is 2.12. The van der Waals surface area contributed by atoms with Gasteiger partial charge in [-0.2, -0.15) is 4.98 Å². The molecule has 0 aliphatic carbocycles. The van der Waals surface area contributed by atoms with E-state index in [1.54, 1.807) is 0 Å². The van der Waals surface area contributed by atoms with Crippen LogP contribution in [0.25, 0.3) is 11.4 Å².